The summed E-state index contributed by atoms with van der Waals surface area (Å²) in [5.74, 6) is 1.44. The van der Waals surface area contributed by atoms with Crippen LogP contribution in [0.1, 0.15) is 30.5 Å². The highest BCUT2D eigenvalue weighted by Crippen LogP contribution is 2.25. The summed E-state index contributed by atoms with van der Waals surface area (Å²) < 4.78 is 5.09. The standard InChI is InChI=1S/C9H15N3O2/c1-12-4-2-7(3-5-12)9-10-8(6-13)11-14-9/h7,13H,2-6H2,1H3. The third kappa shape index (κ3) is 1.93. The van der Waals surface area contributed by atoms with E-state index in [1.807, 2.05) is 0 Å². The van der Waals surface area contributed by atoms with Crippen LogP contribution in [0.15, 0.2) is 4.52 Å². The lowest BCUT2D eigenvalue weighted by molar-refractivity contribution is 0.226. The van der Waals surface area contributed by atoms with Crippen LogP contribution in [-0.4, -0.2) is 40.3 Å². The third-order valence-corrected chi connectivity index (χ3v) is 2.69. The van der Waals surface area contributed by atoms with E-state index in [0.29, 0.717) is 17.6 Å². The van der Waals surface area contributed by atoms with Crippen molar-refractivity contribution in [2.45, 2.75) is 25.4 Å². The second-order valence-electron chi connectivity index (χ2n) is 3.78. The second kappa shape index (κ2) is 4.06. The number of hydrogen-bond acceptors (Lipinski definition) is 5. The first-order chi connectivity index (χ1) is 6.79. The lowest BCUT2D eigenvalue weighted by atomic mass is 9.97. The van der Waals surface area contributed by atoms with Gasteiger partial charge in [0, 0.05) is 5.92 Å². The summed E-state index contributed by atoms with van der Waals surface area (Å²) in [5, 5.41) is 12.5. The average Bonchev–Trinajstić information content (AvgIpc) is 2.67. The summed E-state index contributed by atoms with van der Waals surface area (Å²) in [6.07, 6.45) is 2.12. The van der Waals surface area contributed by atoms with Gasteiger partial charge in [-0.3, -0.25) is 0 Å². The number of piperidine rings is 1. The molecular formula is C9H15N3O2. The van der Waals surface area contributed by atoms with Crippen molar-refractivity contribution >= 4 is 0 Å². The van der Waals surface area contributed by atoms with Gasteiger partial charge in [-0.1, -0.05) is 5.16 Å². The molecule has 0 saturated carbocycles. The van der Waals surface area contributed by atoms with Crippen molar-refractivity contribution in [3.05, 3.63) is 11.7 Å². The molecule has 1 aromatic rings. The number of aromatic nitrogens is 2. The van der Waals surface area contributed by atoms with Crippen molar-refractivity contribution in [2.75, 3.05) is 20.1 Å². The van der Waals surface area contributed by atoms with Crippen molar-refractivity contribution < 1.29 is 9.63 Å². The Balaban J connectivity index is 2.01. The molecule has 5 heteroatoms. The molecule has 0 bridgehead atoms. The predicted molar refractivity (Wildman–Crippen MR) is 49.7 cm³/mol. The Morgan fingerprint density at radius 1 is 1.50 bits per heavy atom. The number of rotatable bonds is 2. The fraction of sp³-hybridized carbons (Fsp3) is 0.778. The van der Waals surface area contributed by atoms with E-state index in [0.717, 1.165) is 25.9 Å². The van der Waals surface area contributed by atoms with E-state index in [2.05, 4.69) is 22.1 Å². The van der Waals surface area contributed by atoms with Crippen LogP contribution in [0, 0.1) is 0 Å². The SMILES string of the molecule is CN1CCC(c2nc(CO)no2)CC1. The minimum absolute atomic E-state index is 0.143. The summed E-state index contributed by atoms with van der Waals surface area (Å²) in [6.45, 7) is 2.00. The molecule has 0 aliphatic carbocycles. The Bertz CT molecular complexity index is 292. The maximum atomic E-state index is 8.80. The molecule has 14 heavy (non-hydrogen) atoms. The fourth-order valence-corrected chi connectivity index (χ4v) is 1.75. The number of likely N-dealkylation sites (tertiary alicyclic amines) is 1. The summed E-state index contributed by atoms with van der Waals surface area (Å²) >= 11 is 0. The molecular weight excluding hydrogens is 182 g/mol. The molecule has 1 aliphatic rings. The van der Waals surface area contributed by atoms with Crippen molar-refractivity contribution in [1.82, 2.24) is 15.0 Å². The van der Waals surface area contributed by atoms with Gasteiger partial charge in [0.25, 0.3) is 0 Å². The van der Waals surface area contributed by atoms with Crippen LogP contribution in [0.2, 0.25) is 0 Å². The first kappa shape index (κ1) is 9.61. The van der Waals surface area contributed by atoms with Crippen LogP contribution in [0.4, 0.5) is 0 Å². The zero-order chi connectivity index (χ0) is 9.97. The van der Waals surface area contributed by atoms with E-state index >= 15 is 0 Å². The fourth-order valence-electron chi connectivity index (χ4n) is 1.75. The number of nitrogens with zero attached hydrogens (tertiary/aromatic N) is 3. The summed E-state index contributed by atoms with van der Waals surface area (Å²) in [5.41, 5.74) is 0. The highest BCUT2D eigenvalue weighted by molar-refractivity contribution is 4.95. The van der Waals surface area contributed by atoms with Gasteiger partial charge in [0.05, 0.1) is 0 Å². The molecule has 0 radical (unpaired) electrons. The Morgan fingerprint density at radius 3 is 2.79 bits per heavy atom. The normalized spacial score (nSPS) is 20.1. The first-order valence-corrected chi connectivity index (χ1v) is 4.91. The molecule has 1 aromatic heterocycles. The highest BCUT2D eigenvalue weighted by atomic mass is 16.5. The van der Waals surface area contributed by atoms with Crippen LogP contribution in [0.3, 0.4) is 0 Å². The minimum Gasteiger partial charge on any atom is -0.388 e. The van der Waals surface area contributed by atoms with Crippen LogP contribution in [0.5, 0.6) is 0 Å². The maximum Gasteiger partial charge on any atom is 0.229 e. The third-order valence-electron chi connectivity index (χ3n) is 2.69. The van der Waals surface area contributed by atoms with Crippen LogP contribution in [0.25, 0.3) is 0 Å². The van der Waals surface area contributed by atoms with Gasteiger partial charge in [0.2, 0.25) is 5.89 Å². The lowest BCUT2D eigenvalue weighted by Crippen LogP contribution is -2.29. The Labute approximate surface area is 82.7 Å². The average molecular weight is 197 g/mol. The Hall–Kier alpha value is -0.940. The molecule has 78 valence electrons. The monoisotopic (exact) mass is 197 g/mol. The number of aliphatic hydroxyl groups is 1. The predicted octanol–water partition coefficient (Wildman–Crippen LogP) is 0.371. The van der Waals surface area contributed by atoms with Gasteiger partial charge < -0.3 is 14.5 Å². The molecule has 0 spiro atoms. The largest absolute Gasteiger partial charge is 0.388 e. The van der Waals surface area contributed by atoms with Crippen LogP contribution in [-0.2, 0) is 6.61 Å². The Kier molecular flexibility index (Phi) is 2.79. The van der Waals surface area contributed by atoms with Crippen molar-refractivity contribution in [3.8, 4) is 0 Å². The molecule has 2 rings (SSSR count). The molecule has 1 N–H and O–H groups in total. The van der Waals surface area contributed by atoms with Gasteiger partial charge in [-0.05, 0) is 33.0 Å². The van der Waals surface area contributed by atoms with E-state index in [1.165, 1.54) is 0 Å². The summed E-state index contributed by atoms with van der Waals surface area (Å²) in [6, 6.07) is 0. The van der Waals surface area contributed by atoms with Gasteiger partial charge >= 0.3 is 0 Å². The van der Waals surface area contributed by atoms with E-state index in [-0.39, 0.29) is 6.61 Å². The maximum absolute atomic E-state index is 8.80. The van der Waals surface area contributed by atoms with Gasteiger partial charge in [-0.25, -0.2) is 0 Å². The van der Waals surface area contributed by atoms with Crippen LogP contribution < -0.4 is 0 Å². The van der Waals surface area contributed by atoms with Crippen molar-refractivity contribution in [1.29, 1.82) is 0 Å². The van der Waals surface area contributed by atoms with Crippen LogP contribution >= 0.6 is 0 Å². The quantitative estimate of drug-likeness (QED) is 0.742. The van der Waals surface area contributed by atoms with E-state index in [4.69, 9.17) is 9.63 Å². The van der Waals surface area contributed by atoms with E-state index in [1.54, 1.807) is 0 Å². The first-order valence-electron chi connectivity index (χ1n) is 4.91. The van der Waals surface area contributed by atoms with Gasteiger partial charge in [-0.2, -0.15) is 4.98 Å². The second-order valence-corrected chi connectivity index (χ2v) is 3.78. The highest BCUT2D eigenvalue weighted by Gasteiger charge is 2.23. The Morgan fingerprint density at radius 2 is 2.21 bits per heavy atom. The smallest absolute Gasteiger partial charge is 0.229 e. The topological polar surface area (TPSA) is 62.4 Å². The summed E-state index contributed by atoms with van der Waals surface area (Å²) in [7, 11) is 2.11. The molecule has 1 aliphatic heterocycles. The van der Waals surface area contributed by atoms with Crippen molar-refractivity contribution in [3.63, 3.8) is 0 Å². The van der Waals surface area contributed by atoms with Crippen molar-refractivity contribution in [2.24, 2.45) is 0 Å². The number of hydrogen-bond donors (Lipinski definition) is 1. The molecule has 2 heterocycles. The zero-order valence-corrected chi connectivity index (χ0v) is 8.31. The zero-order valence-electron chi connectivity index (χ0n) is 8.31. The lowest BCUT2D eigenvalue weighted by Gasteiger charge is -2.26. The van der Waals surface area contributed by atoms with E-state index < -0.39 is 0 Å². The molecule has 1 fully saturated rings. The molecule has 0 aromatic carbocycles. The molecule has 5 nitrogen and oxygen atoms in total. The number of aliphatic hydroxyl groups excluding tert-OH is 1. The molecule has 0 amide bonds. The minimum atomic E-state index is -0.143. The molecule has 0 atom stereocenters. The van der Waals surface area contributed by atoms with E-state index in [9.17, 15) is 0 Å². The molecule has 0 unspecified atom stereocenters. The molecule has 1 saturated heterocycles. The van der Waals surface area contributed by atoms with Gasteiger partial charge in [0.1, 0.15) is 6.61 Å². The summed E-state index contributed by atoms with van der Waals surface area (Å²) in [4.78, 5) is 6.42. The van der Waals surface area contributed by atoms with Gasteiger partial charge in [0.15, 0.2) is 5.82 Å². The van der Waals surface area contributed by atoms with Gasteiger partial charge in [-0.15, -0.1) is 0 Å².